The zero-order valence-electron chi connectivity index (χ0n) is 15.5. The van der Waals surface area contributed by atoms with Gasteiger partial charge in [-0.15, -0.1) is 0 Å². The number of ether oxygens (including phenoxy) is 2. The van der Waals surface area contributed by atoms with Crippen LogP contribution < -0.4 is 9.47 Å². The van der Waals surface area contributed by atoms with Crippen LogP contribution in [-0.2, 0) is 0 Å². The normalized spacial score (nSPS) is 9.69. The maximum Gasteiger partial charge on any atom is 0.195 e. The van der Waals surface area contributed by atoms with Gasteiger partial charge in [-0.2, -0.15) is 0 Å². The molecule has 1 heterocycles. The molecule has 0 fully saturated rings. The van der Waals surface area contributed by atoms with Crippen molar-refractivity contribution < 1.29 is 22.6 Å². The van der Waals surface area contributed by atoms with Crippen molar-refractivity contribution in [2.75, 3.05) is 14.2 Å². The van der Waals surface area contributed by atoms with Crippen LogP contribution in [0.4, 0.5) is 13.2 Å². The Kier molecular flexibility index (Phi) is 6.06. The second-order valence-corrected chi connectivity index (χ2v) is 5.69. The Morgan fingerprint density at radius 3 is 1.93 bits per heavy atom. The molecule has 1 aromatic heterocycles. The molecular weight excluding hydrogens is 379 g/mol. The van der Waals surface area contributed by atoms with Crippen LogP contribution in [-0.4, -0.2) is 19.2 Å². The van der Waals surface area contributed by atoms with E-state index in [4.69, 9.17) is 9.47 Å². The number of methoxy groups -OCH3 is 2. The van der Waals surface area contributed by atoms with Crippen LogP contribution in [0.1, 0.15) is 22.4 Å². The lowest BCUT2D eigenvalue weighted by Gasteiger charge is -2.09. The van der Waals surface area contributed by atoms with E-state index in [9.17, 15) is 13.2 Å². The number of hydrogen-bond donors (Lipinski definition) is 0. The highest BCUT2D eigenvalue weighted by molar-refractivity contribution is 5.60. The lowest BCUT2D eigenvalue weighted by molar-refractivity contribution is 0.355. The van der Waals surface area contributed by atoms with Crippen molar-refractivity contribution in [3.05, 3.63) is 88.5 Å². The number of benzene rings is 2. The summed E-state index contributed by atoms with van der Waals surface area (Å²) in [5.41, 5.74) is 1.15. The first-order chi connectivity index (χ1) is 14.0. The van der Waals surface area contributed by atoms with Crippen molar-refractivity contribution in [3.8, 4) is 35.2 Å². The molecule has 0 aliphatic rings. The molecule has 0 unspecified atom stereocenters. The molecule has 0 N–H and O–H groups in total. The van der Waals surface area contributed by atoms with Gasteiger partial charge in [0.25, 0.3) is 0 Å². The second-order valence-electron chi connectivity index (χ2n) is 5.69. The fraction of sp³-hybridized carbons (Fsp3) is 0.0870. The summed E-state index contributed by atoms with van der Waals surface area (Å²) in [6, 6.07) is 10.4. The average molecular weight is 393 g/mol. The van der Waals surface area contributed by atoms with Gasteiger partial charge in [-0.1, -0.05) is 23.8 Å². The van der Waals surface area contributed by atoms with E-state index in [0.29, 0.717) is 28.3 Å². The van der Waals surface area contributed by atoms with E-state index >= 15 is 0 Å². The molecule has 3 aromatic rings. The van der Waals surface area contributed by atoms with Gasteiger partial charge < -0.3 is 9.47 Å². The lowest BCUT2D eigenvalue weighted by atomic mass is 10.1. The molecule has 0 radical (unpaired) electrons. The summed E-state index contributed by atoms with van der Waals surface area (Å²) in [6.07, 6.45) is 1.62. The SMILES string of the molecule is COc1cc(C#Cc2ccccn2)c(C#Cc2ccc(F)c(F)c2F)cc1OC. The number of hydrogen-bond acceptors (Lipinski definition) is 3. The largest absolute Gasteiger partial charge is 0.493 e. The predicted molar refractivity (Wildman–Crippen MR) is 102 cm³/mol. The van der Waals surface area contributed by atoms with Crippen LogP contribution in [0.15, 0.2) is 48.7 Å². The Balaban J connectivity index is 2.11. The van der Waals surface area contributed by atoms with Gasteiger partial charge in [0.1, 0.15) is 5.69 Å². The number of nitrogens with zero attached hydrogens (tertiary/aromatic N) is 1. The van der Waals surface area contributed by atoms with Gasteiger partial charge in [0.15, 0.2) is 29.0 Å². The summed E-state index contributed by atoms with van der Waals surface area (Å²) in [5.74, 6) is 7.74. The smallest absolute Gasteiger partial charge is 0.195 e. The minimum Gasteiger partial charge on any atom is -0.493 e. The molecule has 3 rings (SSSR count). The van der Waals surface area contributed by atoms with Gasteiger partial charge in [0.05, 0.1) is 19.8 Å². The zero-order valence-corrected chi connectivity index (χ0v) is 15.5. The van der Waals surface area contributed by atoms with Crippen molar-refractivity contribution in [3.63, 3.8) is 0 Å². The van der Waals surface area contributed by atoms with Crippen molar-refractivity contribution >= 4 is 0 Å². The number of rotatable bonds is 2. The van der Waals surface area contributed by atoms with Crippen molar-refractivity contribution in [1.29, 1.82) is 0 Å². The highest BCUT2D eigenvalue weighted by Crippen LogP contribution is 2.30. The maximum absolute atomic E-state index is 13.9. The topological polar surface area (TPSA) is 31.4 Å². The molecule has 3 nitrogen and oxygen atoms in total. The van der Waals surface area contributed by atoms with E-state index in [1.54, 1.807) is 36.5 Å². The third-order valence-electron chi connectivity index (χ3n) is 3.88. The van der Waals surface area contributed by atoms with Gasteiger partial charge in [-0.3, -0.25) is 0 Å². The molecule has 0 atom stereocenters. The van der Waals surface area contributed by atoms with Gasteiger partial charge >= 0.3 is 0 Å². The molecule has 0 spiro atoms. The molecule has 2 aromatic carbocycles. The van der Waals surface area contributed by atoms with Gasteiger partial charge in [-0.25, -0.2) is 18.2 Å². The first-order valence-corrected chi connectivity index (χ1v) is 8.38. The number of pyridine rings is 1. The Morgan fingerprint density at radius 1 is 0.724 bits per heavy atom. The monoisotopic (exact) mass is 393 g/mol. The summed E-state index contributed by atoms with van der Waals surface area (Å²) >= 11 is 0. The third-order valence-corrected chi connectivity index (χ3v) is 3.88. The summed E-state index contributed by atoms with van der Waals surface area (Å²) in [6.45, 7) is 0. The first kappa shape index (κ1) is 19.9. The standard InChI is InChI=1S/C23H14F3NO2/c1-28-20-13-16(7-6-15-9-11-19(24)23(26)22(15)25)17(14-21(20)29-2)8-10-18-5-3-4-12-27-18/h3-5,9,11-14H,1-2H3. The predicted octanol–water partition coefficient (Wildman–Crippen LogP) is 4.32. The third kappa shape index (κ3) is 4.51. The van der Waals surface area contributed by atoms with Crippen LogP contribution in [0.2, 0.25) is 0 Å². The second kappa shape index (κ2) is 8.86. The molecule has 0 amide bonds. The summed E-state index contributed by atoms with van der Waals surface area (Å²) in [7, 11) is 2.94. The molecule has 0 aliphatic heterocycles. The van der Waals surface area contributed by atoms with Gasteiger partial charge in [0, 0.05) is 29.5 Å². The Bertz CT molecular complexity index is 1170. The Morgan fingerprint density at radius 2 is 1.34 bits per heavy atom. The van der Waals surface area contributed by atoms with E-state index in [1.165, 1.54) is 14.2 Å². The van der Waals surface area contributed by atoms with E-state index in [0.717, 1.165) is 12.1 Å². The molecule has 0 bridgehead atoms. The van der Waals surface area contributed by atoms with Crippen LogP contribution >= 0.6 is 0 Å². The van der Waals surface area contributed by atoms with Gasteiger partial charge in [-0.05, 0) is 30.2 Å². The van der Waals surface area contributed by atoms with Crippen molar-refractivity contribution in [1.82, 2.24) is 4.98 Å². The Labute approximate surface area is 166 Å². The van der Waals surface area contributed by atoms with Crippen molar-refractivity contribution in [2.24, 2.45) is 0 Å². The quantitative estimate of drug-likeness (QED) is 0.480. The minimum absolute atomic E-state index is 0.276. The van der Waals surface area contributed by atoms with Crippen LogP contribution in [0.5, 0.6) is 11.5 Å². The molecule has 0 saturated heterocycles. The molecule has 0 aliphatic carbocycles. The highest BCUT2D eigenvalue weighted by atomic mass is 19.2. The average Bonchev–Trinajstić information content (AvgIpc) is 2.76. The van der Waals surface area contributed by atoms with Crippen LogP contribution in [0, 0.1) is 41.1 Å². The van der Waals surface area contributed by atoms with Crippen molar-refractivity contribution in [2.45, 2.75) is 0 Å². The van der Waals surface area contributed by atoms with Gasteiger partial charge in [0.2, 0.25) is 0 Å². The zero-order chi connectivity index (χ0) is 20.8. The Hall–Kier alpha value is -3.90. The maximum atomic E-state index is 13.9. The lowest BCUT2D eigenvalue weighted by Crippen LogP contribution is -1.96. The molecule has 6 heteroatoms. The fourth-order valence-corrected chi connectivity index (χ4v) is 2.41. The van der Waals surface area contributed by atoms with E-state index in [-0.39, 0.29) is 5.56 Å². The fourth-order valence-electron chi connectivity index (χ4n) is 2.41. The minimum atomic E-state index is -1.57. The summed E-state index contributed by atoms with van der Waals surface area (Å²) < 4.78 is 51.0. The summed E-state index contributed by atoms with van der Waals surface area (Å²) in [5, 5.41) is 0. The highest BCUT2D eigenvalue weighted by Gasteiger charge is 2.12. The van der Waals surface area contributed by atoms with E-state index in [2.05, 4.69) is 28.7 Å². The first-order valence-electron chi connectivity index (χ1n) is 8.38. The van der Waals surface area contributed by atoms with Crippen LogP contribution in [0.3, 0.4) is 0 Å². The molecular formula is C23H14F3NO2. The van der Waals surface area contributed by atoms with E-state index in [1.807, 2.05) is 0 Å². The molecule has 0 saturated carbocycles. The number of halogens is 3. The van der Waals surface area contributed by atoms with E-state index < -0.39 is 17.5 Å². The summed E-state index contributed by atoms with van der Waals surface area (Å²) in [4.78, 5) is 4.13. The molecule has 29 heavy (non-hydrogen) atoms. The van der Waals surface area contributed by atoms with Crippen LogP contribution in [0.25, 0.3) is 0 Å². The molecule has 144 valence electrons. The number of aromatic nitrogens is 1.